The molecule has 0 aromatic carbocycles. The molecule has 0 N–H and O–H groups in total. The molecule has 0 rings (SSSR count). The zero-order valence-electron chi connectivity index (χ0n) is 3.53. The molecule has 0 aliphatic rings. The monoisotopic (exact) mass is 89.1 g/mol. The first-order valence-electron chi connectivity index (χ1n) is 2.00. The minimum atomic E-state index is 0. The van der Waals surface area contributed by atoms with E-state index >= 15 is 0 Å². The molecular formula is C5H13O. The Kier molecular flexibility index (Phi) is 13.8. The van der Waals surface area contributed by atoms with Crippen molar-refractivity contribution in [3.63, 3.8) is 0 Å². The molecular weight excluding hydrogens is 76.1 g/mol. The number of hydrogen-bond acceptors (Lipinski definition) is 0. The minimum Gasteiger partial charge on any atom is -0.237 e. The van der Waals surface area contributed by atoms with Crippen molar-refractivity contribution in [3.05, 3.63) is 0 Å². The second-order valence-corrected chi connectivity index (χ2v) is 1.06. The van der Waals surface area contributed by atoms with Gasteiger partial charge in [-0.1, -0.05) is 20.8 Å². The molecule has 0 saturated heterocycles. The van der Waals surface area contributed by atoms with Crippen LogP contribution in [0.3, 0.4) is 0 Å². The molecule has 0 amide bonds. The molecule has 6 heavy (non-hydrogen) atoms. The fraction of sp³-hybridized carbons (Fsp3) is 1.00. The maximum absolute atomic E-state index is 9.53. The first kappa shape index (κ1) is 9.35. The summed E-state index contributed by atoms with van der Waals surface area (Å²) in [6.07, 6.45) is 1.86. The summed E-state index contributed by atoms with van der Waals surface area (Å²) in [7, 11) is 0. The smallest absolute Gasteiger partial charge is 0.0822 e. The fourth-order valence-corrected chi connectivity index (χ4v) is 0.144. The Balaban J connectivity index is 0. The van der Waals surface area contributed by atoms with Gasteiger partial charge in [0.15, 0.2) is 0 Å². The molecule has 0 aromatic rings. The summed E-state index contributed by atoms with van der Waals surface area (Å²) < 4.78 is 0. The van der Waals surface area contributed by atoms with Crippen LogP contribution in [0.1, 0.15) is 27.2 Å². The van der Waals surface area contributed by atoms with Crippen molar-refractivity contribution < 1.29 is 5.11 Å². The van der Waals surface area contributed by atoms with Crippen molar-refractivity contribution >= 4 is 0 Å². The zero-order chi connectivity index (χ0) is 4.12. The summed E-state index contributed by atoms with van der Waals surface area (Å²) in [5.41, 5.74) is 0. The van der Waals surface area contributed by atoms with Crippen LogP contribution in [0.2, 0.25) is 0 Å². The average Bonchev–Trinajstić information content (AvgIpc) is 1.41. The fourth-order valence-electron chi connectivity index (χ4n) is 0.144. The molecule has 1 heteroatoms. The maximum Gasteiger partial charge on any atom is 0.0822 e. The number of unbranched alkanes of at least 4 members (excludes halogenated alkanes) is 1. The van der Waals surface area contributed by atoms with Gasteiger partial charge >= 0.3 is 0 Å². The number of rotatable bonds is 2. The van der Waals surface area contributed by atoms with Crippen molar-refractivity contribution in [2.45, 2.75) is 27.2 Å². The Hall–Kier alpha value is -0.0400. The Bertz CT molecular complexity index is 11.4. The van der Waals surface area contributed by atoms with E-state index in [-0.39, 0.29) is 14.0 Å². The molecule has 0 aromatic heterocycles. The van der Waals surface area contributed by atoms with Crippen molar-refractivity contribution in [3.8, 4) is 0 Å². The van der Waals surface area contributed by atoms with E-state index in [0.29, 0.717) is 0 Å². The van der Waals surface area contributed by atoms with Gasteiger partial charge in [0.2, 0.25) is 0 Å². The molecule has 1 nitrogen and oxygen atoms in total. The molecule has 0 bridgehead atoms. The van der Waals surface area contributed by atoms with Crippen molar-refractivity contribution in [1.82, 2.24) is 0 Å². The third kappa shape index (κ3) is 9.03. The van der Waals surface area contributed by atoms with Gasteiger partial charge in [0.05, 0.1) is 6.61 Å². The second-order valence-electron chi connectivity index (χ2n) is 1.06. The van der Waals surface area contributed by atoms with Crippen LogP contribution in [-0.2, 0) is 5.11 Å². The van der Waals surface area contributed by atoms with Crippen molar-refractivity contribution in [2.24, 2.45) is 0 Å². The Morgan fingerprint density at radius 3 is 2.00 bits per heavy atom. The summed E-state index contributed by atoms with van der Waals surface area (Å²) >= 11 is 0. The predicted molar refractivity (Wildman–Crippen MR) is 27.2 cm³/mol. The zero-order valence-corrected chi connectivity index (χ0v) is 3.53. The number of hydrogen-bond donors (Lipinski definition) is 0. The van der Waals surface area contributed by atoms with Crippen LogP contribution in [0.25, 0.3) is 0 Å². The Morgan fingerprint density at radius 1 is 1.50 bits per heavy atom. The van der Waals surface area contributed by atoms with Crippen LogP contribution >= 0.6 is 0 Å². The van der Waals surface area contributed by atoms with E-state index in [2.05, 4.69) is 0 Å². The highest BCUT2D eigenvalue weighted by atomic mass is 16.2. The third-order valence-electron chi connectivity index (χ3n) is 0.498. The van der Waals surface area contributed by atoms with Crippen LogP contribution in [0.5, 0.6) is 0 Å². The van der Waals surface area contributed by atoms with E-state index in [0.717, 1.165) is 12.8 Å². The molecule has 0 aliphatic heterocycles. The highest BCUT2D eigenvalue weighted by Gasteiger charge is 1.71. The Morgan fingerprint density at radius 2 is 2.00 bits per heavy atom. The lowest BCUT2D eigenvalue weighted by molar-refractivity contribution is 0.188. The van der Waals surface area contributed by atoms with Gasteiger partial charge in [-0.25, -0.2) is 5.11 Å². The summed E-state index contributed by atoms with van der Waals surface area (Å²) in [5, 5.41) is 9.53. The quantitative estimate of drug-likeness (QED) is 0.492. The summed E-state index contributed by atoms with van der Waals surface area (Å²) in [5.74, 6) is 0. The van der Waals surface area contributed by atoms with E-state index in [4.69, 9.17) is 0 Å². The summed E-state index contributed by atoms with van der Waals surface area (Å²) in [4.78, 5) is 0. The molecule has 0 heterocycles. The lowest BCUT2D eigenvalue weighted by Gasteiger charge is -1.76. The van der Waals surface area contributed by atoms with Crippen molar-refractivity contribution in [2.75, 3.05) is 6.61 Å². The first-order valence-corrected chi connectivity index (χ1v) is 2.00. The lowest BCUT2D eigenvalue weighted by Crippen LogP contribution is -1.72. The standard InChI is InChI=1S/C4H9O.CH4/c1-2-3-4-5;/h2-4H2,1H3;1H4. The van der Waals surface area contributed by atoms with Gasteiger partial charge in [-0.05, 0) is 6.42 Å². The average molecular weight is 89.2 g/mol. The van der Waals surface area contributed by atoms with Crippen LogP contribution in [0.15, 0.2) is 0 Å². The lowest BCUT2D eigenvalue weighted by atomic mass is 10.4. The van der Waals surface area contributed by atoms with Gasteiger partial charge in [-0.15, -0.1) is 0 Å². The second kappa shape index (κ2) is 8.88. The topological polar surface area (TPSA) is 19.9 Å². The van der Waals surface area contributed by atoms with E-state index in [1.165, 1.54) is 0 Å². The normalized spacial score (nSPS) is 7.00. The van der Waals surface area contributed by atoms with E-state index in [9.17, 15) is 5.11 Å². The van der Waals surface area contributed by atoms with Gasteiger partial charge in [-0.3, -0.25) is 0 Å². The van der Waals surface area contributed by atoms with Crippen LogP contribution in [0.4, 0.5) is 0 Å². The highest BCUT2D eigenvalue weighted by Crippen LogP contribution is 1.79. The molecule has 0 spiro atoms. The molecule has 0 saturated carbocycles. The first-order chi connectivity index (χ1) is 2.41. The molecule has 0 fully saturated rings. The SMILES string of the molecule is C.CCCC[O]. The van der Waals surface area contributed by atoms with Gasteiger partial charge in [0, 0.05) is 0 Å². The van der Waals surface area contributed by atoms with Crippen LogP contribution in [0, 0.1) is 0 Å². The van der Waals surface area contributed by atoms with Crippen molar-refractivity contribution in [1.29, 1.82) is 0 Å². The van der Waals surface area contributed by atoms with Gasteiger partial charge in [0.1, 0.15) is 0 Å². The summed E-state index contributed by atoms with van der Waals surface area (Å²) in [6, 6.07) is 0. The van der Waals surface area contributed by atoms with Gasteiger partial charge < -0.3 is 0 Å². The Labute approximate surface area is 40.0 Å². The van der Waals surface area contributed by atoms with Crippen LogP contribution in [-0.4, -0.2) is 6.61 Å². The van der Waals surface area contributed by atoms with Crippen LogP contribution < -0.4 is 0 Å². The van der Waals surface area contributed by atoms with Gasteiger partial charge in [0.25, 0.3) is 0 Å². The highest BCUT2D eigenvalue weighted by molar-refractivity contribution is 4.22. The molecule has 0 aliphatic carbocycles. The summed E-state index contributed by atoms with van der Waals surface area (Å²) in [6.45, 7) is 2.11. The van der Waals surface area contributed by atoms with Gasteiger partial charge in [-0.2, -0.15) is 0 Å². The molecule has 0 atom stereocenters. The minimum absolute atomic E-state index is 0. The van der Waals surface area contributed by atoms with E-state index in [1.54, 1.807) is 0 Å². The van der Waals surface area contributed by atoms with E-state index < -0.39 is 0 Å². The predicted octanol–water partition coefficient (Wildman–Crippen LogP) is 1.85. The maximum atomic E-state index is 9.53. The van der Waals surface area contributed by atoms with E-state index in [1.807, 2.05) is 6.92 Å². The molecule has 1 radical (unpaired) electrons. The molecule has 39 valence electrons. The third-order valence-corrected chi connectivity index (χ3v) is 0.498. The largest absolute Gasteiger partial charge is 0.237 e. The molecule has 0 unspecified atom stereocenters.